The second-order valence-corrected chi connectivity index (χ2v) is 4.31. The number of carbonyl (C=O) groups is 1. The summed E-state index contributed by atoms with van der Waals surface area (Å²) in [5.74, 6) is -0.0673. The van der Waals surface area contributed by atoms with Crippen molar-refractivity contribution >= 4 is 18.3 Å². The van der Waals surface area contributed by atoms with E-state index in [1.807, 2.05) is 0 Å². The Morgan fingerprint density at radius 3 is 2.61 bits per heavy atom. The van der Waals surface area contributed by atoms with E-state index in [2.05, 4.69) is 15.4 Å². The van der Waals surface area contributed by atoms with Gasteiger partial charge in [0.2, 0.25) is 5.91 Å². The van der Waals surface area contributed by atoms with Crippen LogP contribution in [0.4, 0.5) is 8.78 Å². The van der Waals surface area contributed by atoms with Crippen LogP contribution in [0.15, 0.2) is 18.2 Å². The molecular formula is C14H21ClF2N2O4. The molecule has 0 spiro atoms. The van der Waals surface area contributed by atoms with E-state index >= 15 is 0 Å². The molecule has 0 radical (unpaired) electrons. The van der Waals surface area contributed by atoms with Crippen LogP contribution < -0.4 is 20.1 Å². The number of hydrogen-bond acceptors (Lipinski definition) is 5. The highest BCUT2D eigenvalue weighted by atomic mass is 35.5. The number of halogens is 3. The summed E-state index contributed by atoms with van der Waals surface area (Å²) in [4.78, 5) is 11.6. The van der Waals surface area contributed by atoms with Crippen molar-refractivity contribution in [1.82, 2.24) is 10.6 Å². The van der Waals surface area contributed by atoms with Gasteiger partial charge in [-0.2, -0.15) is 8.78 Å². The van der Waals surface area contributed by atoms with Gasteiger partial charge < -0.3 is 24.8 Å². The maximum absolute atomic E-state index is 12.3. The second-order valence-electron chi connectivity index (χ2n) is 4.31. The van der Waals surface area contributed by atoms with Gasteiger partial charge in [-0.15, -0.1) is 12.4 Å². The molecule has 0 saturated heterocycles. The normalized spacial score (nSPS) is 10.1. The minimum absolute atomic E-state index is 0. The SMILES string of the molecule is COCCNCC(=O)NCc1ccc(OC)c(OC(F)F)c1.Cl. The van der Waals surface area contributed by atoms with Crippen LogP contribution in [-0.2, 0) is 16.1 Å². The Labute approximate surface area is 139 Å². The van der Waals surface area contributed by atoms with Crippen LogP contribution in [0, 0.1) is 0 Å². The van der Waals surface area contributed by atoms with Gasteiger partial charge in [-0.05, 0) is 17.7 Å². The lowest BCUT2D eigenvalue weighted by Gasteiger charge is -2.12. The minimum Gasteiger partial charge on any atom is -0.493 e. The number of rotatable bonds is 10. The summed E-state index contributed by atoms with van der Waals surface area (Å²) in [6.45, 7) is -1.50. The molecule has 1 aromatic rings. The van der Waals surface area contributed by atoms with Crippen molar-refractivity contribution in [3.8, 4) is 11.5 Å². The van der Waals surface area contributed by atoms with Crippen LogP contribution in [0.2, 0.25) is 0 Å². The van der Waals surface area contributed by atoms with Crippen LogP contribution in [-0.4, -0.2) is 46.4 Å². The fourth-order valence-corrected chi connectivity index (χ4v) is 1.66. The predicted molar refractivity (Wildman–Crippen MR) is 83.5 cm³/mol. The third-order valence-corrected chi connectivity index (χ3v) is 2.70. The Morgan fingerprint density at radius 2 is 2.00 bits per heavy atom. The molecule has 6 nitrogen and oxygen atoms in total. The topological polar surface area (TPSA) is 68.8 Å². The van der Waals surface area contributed by atoms with Crippen molar-refractivity contribution in [3.63, 3.8) is 0 Å². The highest BCUT2D eigenvalue weighted by Crippen LogP contribution is 2.29. The van der Waals surface area contributed by atoms with Gasteiger partial charge in [-0.3, -0.25) is 4.79 Å². The van der Waals surface area contributed by atoms with E-state index in [4.69, 9.17) is 9.47 Å². The van der Waals surface area contributed by atoms with Crippen LogP contribution in [0.25, 0.3) is 0 Å². The van der Waals surface area contributed by atoms with E-state index in [9.17, 15) is 13.6 Å². The Hall–Kier alpha value is -1.64. The summed E-state index contributed by atoms with van der Waals surface area (Å²) in [5, 5.41) is 5.56. The smallest absolute Gasteiger partial charge is 0.387 e. The van der Waals surface area contributed by atoms with E-state index in [-0.39, 0.29) is 42.9 Å². The number of amides is 1. The molecule has 0 saturated carbocycles. The zero-order chi connectivity index (χ0) is 16.4. The van der Waals surface area contributed by atoms with E-state index in [1.165, 1.54) is 19.2 Å². The zero-order valence-electron chi connectivity index (χ0n) is 12.9. The Kier molecular flexibility index (Phi) is 11.0. The van der Waals surface area contributed by atoms with Crippen LogP contribution in [0.1, 0.15) is 5.56 Å². The van der Waals surface area contributed by atoms with Crippen molar-refractivity contribution in [2.75, 3.05) is 33.9 Å². The van der Waals surface area contributed by atoms with E-state index in [0.717, 1.165) is 0 Å². The number of ether oxygens (including phenoxy) is 3. The molecule has 0 atom stereocenters. The maximum Gasteiger partial charge on any atom is 0.387 e. The van der Waals surface area contributed by atoms with Gasteiger partial charge in [-0.25, -0.2) is 0 Å². The van der Waals surface area contributed by atoms with Crippen molar-refractivity contribution in [3.05, 3.63) is 23.8 Å². The van der Waals surface area contributed by atoms with E-state index in [1.54, 1.807) is 13.2 Å². The first kappa shape index (κ1) is 21.4. The van der Waals surface area contributed by atoms with Crippen LogP contribution in [0.5, 0.6) is 11.5 Å². The number of carbonyl (C=O) groups excluding carboxylic acids is 1. The molecular weight excluding hydrogens is 334 g/mol. The second kappa shape index (κ2) is 11.9. The first-order valence-corrected chi connectivity index (χ1v) is 6.65. The summed E-state index contributed by atoms with van der Waals surface area (Å²) >= 11 is 0. The first-order valence-electron chi connectivity index (χ1n) is 6.65. The Bertz CT molecular complexity index is 478. The van der Waals surface area contributed by atoms with Gasteiger partial charge in [0.25, 0.3) is 0 Å². The summed E-state index contributed by atoms with van der Waals surface area (Å²) in [6, 6.07) is 4.58. The third-order valence-electron chi connectivity index (χ3n) is 2.70. The maximum atomic E-state index is 12.3. The van der Waals surface area contributed by atoms with Gasteiger partial charge in [0.15, 0.2) is 11.5 Å². The molecule has 9 heteroatoms. The molecule has 0 aliphatic carbocycles. The lowest BCUT2D eigenvalue weighted by atomic mass is 10.2. The van der Waals surface area contributed by atoms with Gasteiger partial charge in [0, 0.05) is 20.2 Å². The quantitative estimate of drug-likeness (QED) is 0.624. The number of nitrogens with one attached hydrogen (secondary N) is 2. The molecule has 0 heterocycles. The number of hydrogen-bond donors (Lipinski definition) is 2. The monoisotopic (exact) mass is 354 g/mol. The van der Waals surface area contributed by atoms with Gasteiger partial charge >= 0.3 is 6.61 Å². The number of benzene rings is 1. The fraction of sp³-hybridized carbons (Fsp3) is 0.500. The number of alkyl halides is 2. The molecule has 1 aromatic carbocycles. The molecule has 0 aromatic heterocycles. The van der Waals surface area contributed by atoms with Crippen molar-refractivity contribution < 1.29 is 27.8 Å². The summed E-state index contributed by atoms with van der Waals surface area (Å²) in [6.07, 6.45) is 0. The standard InChI is InChI=1S/C14H20F2N2O4.ClH/c1-20-6-5-17-9-13(19)18-8-10-3-4-11(21-2)12(7-10)22-14(15)16;/h3-4,7,14,17H,5-6,8-9H2,1-2H3,(H,18,19);1H. The van der Waals surface area contributed by atoms with Crippen LogP contribution >= 0.6 is 12.4 Å². The molecule has 0 aliphatic heterocycles. The molecule has 2 N–H and O–H groups in total. The average Bonchev–Trinajstić information content (AvgIpc) is 2.49. The predicted octanol–water partition coefficient (Wildman–Crippen LogP) is 1.57. The van der Waals surface area contributed by atoms with Crippen LogP contribution in [0.3, 0.4) is 0 Å². The molecule has 0 unspecified atom stereocenters. The first-order chi connectivity index (χ1) is 10.6. The lowest BCUT2D eigenvalue weighted by molar-refractivity contribution is -0.120. The van der Waals surface area contributed by atoms with Gasteiger partial charge in [0.1, 0.15) is 0 Å². The average molecular weight is 355 g/mol. The van der Waals surface area contributed by atoms with Gasteiger partial charge in [0.05, 0.1) is 20.3 Å². The van der Waals surface area contributed by atoms with Gasteiger partial charge in [-0.1, -0.05) is 6.07 Å². The number of methoxy groups -OCH3 is 2. The summed E-state index contributed by atoms with van der Waals surface area (Å²) in [7, 11) is 2.94. The minimum atomic E-state index is -2.94. The molecule has 0 fully saturated rings. The summed E-state index contributed by atoms with van der Waals surface area (Å²) < 4.78 is 38.8. The molecule has 1 rings (SSSR count). The molecule has 1 amide bonds. The van der Waals surface area contributed by atoms with E-state index < -0.39 is 6.61 Å². The fourth-order valence-electron chi connectivity index (χ4n) is 1.66. The Morgan fingerprint density at radius 1 is 1.26 bits per heavy atom. The highest BCUT2D eigenvalue weighted by molar-refractivity contribution is 5.85. The van der Waals surface area contributed by atoms with Crippen molar-refractivity contribution in [2.24, 2.45) is 0 Å². The summed E-state index contributed by atoms with van der Waals surface area (Å²) in [5.41, 5.74) is 0.627. The van der Waals surface area contributed by atoms with Crippen molar-refractivity contribution in [1.29, 1.82) is 0 Å². The lowest BCUT2D eigenvalue weighted by Crippen LogP contribution is -2.34. The molecule has 23 heavy (non-hydrogen) atoms. The van der Waals surface area contributed by atoms with Crippen molar-refractivity contribution in [2.45, 2.75) is 13.2 Å². The highest BCUT2D eigenvalue weighted by Gasteiger charge is 2.11. The Balaban J connectivity index is 0.00000484. The molecule has 132 valence electrons. The zero-order valence-corrected chi connectivity index (χ0v) is 13.8. The van der Waals surface area contributed by atoms with E-state index in [0.29, 0.717) is 18.7 Å². The third kappa shape index (κ3) is 8.53. The molecule has 0 bridgehead atoms. The largest absolute Gasteiger partial charge is 0.493 e. The molecule has 0 aliphatic rings.